The second-order valence-electron chi connectivity index (χ2n) is 8.18. The van der Waals surface area contributed by atoms with Crippen LogP contribution < -0.4 is 5.73 Å². The number of benzene rings is 1. The van der Waals surface area contributed by atoms with E-state index in [4.69, 9.17) is 10.0 Å². The molecule has 2 rings (SSSR count). The van der Waals surface area contributed by atoms with Crippen molar-refractivity contribution in [3.63, 3.8) is 0 Å². The molecule has 25 heavy (non-hydrogen) atoms. The van der Waals surface area contributed by atoms with Crippen LogP contribution in [0.25, 0.3) is 0 Å². The van der Waals surface area contributed by atoms with Gasteiger partial charge in [0.15, 0.2) is 0 Å². The zero-order valence-electron chi connectivity index (χ0n) is 15.5. The fourth-order valence-electron chi connectivity index (χ4n) is 3.31. The fourth-order valence-corrected chi connectivity index (χ4v) is 4.06. The van der Waals surface area contributed by atoms with Crippen molar-refractivity contribution in [1.29, 1.82) is 0 Å². The summed E-state index contributed by atoms with van der Waals surface area (Å²) in [7, 11) is -3.97. The van der Waals surface area contributed by atoms with Gasteiger partial charge in [-0.2, -0.15) is 8.42 Å². The zero-order chi connectivity index (χ0) is 19.0. The molecule has 0 radical (unpaired) electrons. The van der Waals surface area contributed by atoms with E-state index >= 15 is 0 Å². The summed E-state index contributed by atoms with van der Waals surface area (Å²) in [5.74, 6) is 0.704. The van der Waals surface area contributed by atoms with E-state index in [1.54, 1.807) is 26.0 Å². The van der Waals surface area contributed by atoms with Gasteiger partial charge in [-0.1, -0.05) is 36.7 Å². The summed E-state index contributed by atoms with van der Waals surface area (Å²) >= 11 is 0. The predicted octanol–water partition coefficient (Wildman–Crippen LogP) is 2.80. The van der Waals surface area contributed by atoms with Crippen LogP contribution in [-0.2, 0) is 14.4 Å². The summed E-state index contributed by atoms with van der Waals surface area (Å²) in [6.45, 7) is 9.67. The van der Waals surface area contributed by atoms with E-state index in [1.165, 1.54) is 12.1 Å². The van der Waals surface area contributed by atoms with Crippen molar-refractivity contribution in [1.82, 2.24) is 0 Å². The minimum Gasteiger partial charge on any atom is -0.390 e. The molecular weight excluding hydrogens is 340 g/mol. The molecule has 0 aromatic heterocycles. The topological polar surface area (TPSA) is 102 Å². The smallest absolute Gasteiger partial charge is 0.358 e. The lowest BCUT2D eigenvalue weighted by Crippen LogP contribution is -2.20. The van der Waals surface area contributed by atoms with Crippen molar-refractivity contribution in [3.8, 4) is 0 Å². The van der Waals surface area contributed by atoms with Crippen molar-refractivity contribution < 1.29 is 17.8 Å². The molecule has 0 unspecified atom stereocenters. The Balaban J connectivity index is 1.99. The highest BCUT2D eigenvalue weighted by molar-refractivity contribution is 7.86. The molecule has 1 aromatic rings. The van der Waals surface area contributed by atoms with Gasteiger partial charge in [0.05, 0.1) is 5.60 Å². The third-order valence-electron chi connectivity index (χ3n) is 5.00. The summed E-state index contributed by atoms with van der Waals surface area (Å²) in [4.78, 5) is 0.0429. The van der Waals surface area contributed by atoms with E-state index in [1.807, 2.05) is 6.92 Å². The molecule has 0 heterocycles. The lowest BCUT2D eigenvalue weighted by Gasteiger charge is -2.17. The van der Waals surface area contributed by atoms with Gasteiger partial charge < -0.3 is 10.8 Å². The molecule has 3 N–H and O–H groups in total. The number of nitrogens with two attached hydrogens (primary N) is 1. The van der Waals surface area contributed by atoms with Crippen LogP contribution in [0.1, 0.15) is 46.1 Å². The second-order valence-corrected chi connectivity index (χ2v) is 9.71. The summed E-state index contributed by atoms with van der Waals surface area (Å²) in [5.41, 5.74) is 6.12. The number of hydrogen-bond acceptors (Lipinski definition) is 5. The van der Waals surface area contributed by atoms with Gasteiger partial charge in [-0.15, -0.1) is 0 Å². The Kier molecular flexibility index (Phi) is 5.21. The Bertz CT molecular complexity index is 746. The Morgan fingerprint density at radius 2 is 1.84 bits per heavy atom. The molecule has 0 amide bonds. The monoisotopic (exact) mass is 368 g/mol. The standard InChI is InChI=1S/C18H28N2O4S/c1-12-6-8-13(9-7-12)25(22,23)24-20-16(19)10-14-15(18(14,4)5)11-17(2,3)21/h6-9,14-15,21H,10-11H2,1-5H3,(H2,19,20)/t14-,15+/m1/s1. The minimum atomic E-state index is -3.97. The van der Waals surface area contributed by atoms with Crippen molar-refractivity contribution in [2.45, 2.75) is 58.0 Å². The SMILES string of the molecule is Cc1ccc(S(=O)(=O)O/N=C(\N)C[C@@H]2[C@H](CC(C)(C)O)C2(C)C)cc1. The van der Waals surface area contributed by atoms with Crippen LogP contribution in [0.2, 0.25) is 0 Å². The molecule has 0 aliphatic heterocycles. The molecule has 1 aromatic carbocycles. The summed E-state index contributed by atoms with van der Waals surface area (Å²) in [6.07, 6.45) is 1.11. The van der Waals surface area contributed by atoms with E-state index in [-0.39, 0.29) is 22.1 Å². The maximum atomic E-state index is 12.1. The number of aliphatic hydroxyl groups is 1. The van der Waals surface area contributed by atoms with E-state index in [0.717, 1.165) is 5.56 Å². The number of nitrogens with zero attached hydrogens (tertiary/aromatic N) is 1. The molecule has 7 heteroatoms. The first-order chi connectivity index (χ1) is 11.3. The molecule has 1 aliphatic carbocycles. The van der Waals surface area contributed by atoms with Gasteiger partial charge in [0.2, 0.25) is 0 Å². The van der Waals surface area contributed by atoms with Gasteiger partial charge in [0.25, 0.3) is 0 Å². The average molecular weight is 368 g/mol. The lowest BCUT2D eigenvalue weighted by molar-refractivity contribution is 0.0603. The maximum Gasteiger partial charge on any atom is 0.358 e. The van der Waals surface area contributed by atoms with Crippen LogP contribution in [0.3, 0.4) is 0 Å². The summed E-state index contributed by atoms with van der Waals surface area (Å²) in [6, 6.07) is 6.33. The Morgan fingerprint density at radius 3 is 2.36 bits per heavy atom. The van der Waals surface area contributed by atoms with E-state index in [2.05, 4.69) is 19.0 Å². The average Bonchev–Trinajstić information content (AvgIpc) is 2.95. The molecule has 1 saturated carbocycles. The summed E-state index contributed by atoms with van der Waals surface area (Å²) < 4.78 is 29.0. The number of oxime groups is 1. The number of aryl methyl sites for hydroxylation is 1. The normalized spacial score (nSPS) is 23.4. The van der Waals surface area contributed by atoms with Crippen LogP contribution >= 0.6 is 0 Å². The zero-order valence-corrected chi connectivity index (χ0v) is 16.3. The van der Waals surface area contributed by atoms with Crippen molar-refractivity contribution >= 4 is 16.0 Å². The molecule has 140 valence electrons. The fraction of sp³-hybridized carbons (Fsp3) is 0.611. The quantitative estimate of drug-likeness (QED) is 0.438. The molecule has 0 saturated heterocycles. The lowest BCUT2D eigenvalue weighted by atomic mass is 9.97. The summed E-state index contributed by atoms with van der Waals surface area (Å²) in [5, 5.41) is 13.6. The van der Waals surface area contributed by atoms with Gasteiger partial charge in [-0.05, 0) is 56.6 Å². The Labute approximate surface area is 150 Å². The molecule has 6 nitrogen and oxygen atoms in total. The minimum absolute atomic E-state index is 0.0377. The molecule has 1 fully saturated rings. The van der Waals surface area contributed by atoms with Crippen molar-refractivity contribution in [2.24, 2.45) is 28.1 Å². The highest BCUT2D eigenvalue weighted by Gasteiger charge is 2.58. The van der Waals surface area contributed by atoms with Crippen molar-refractivity contribution in [2.75, 3.05) is 0 Å². The van der Waals surface area contributed by atoms with Gasteiger partial charge in [0, 0.05) is 6.42 Å². The molecule has 0 spiro atoms. The second kappa shape index (κ2) is 6.61. The van der Waals surface area contributed by atoms with E-state index in [9.17, 15) is 13.5 Å². The van der Waals surface area contributed by atoms with Crippen LogP contribution in [0.5, 0.6) is 0 Å². The highest BCUT2D eigenvalue weighted by Crippen LogP contribution is 2.62. The van der Waals surface area contributed by atoms with Gasteiger partial charge in [-0.3, -0.25) is 4.28 Å². The Hall–Kier alpha value is -1.60. The van der Waals surface area contributed by atoms with Crippen molar-refractivity contribution in [3.05, 3.63) is 29.8 Å². The van der Waals surface area contributed by atoms with Gasteiger partial charge in [-0.25, -0.2) is 0 Å². The predicted molar refractivity (Wildman–Crippen MR) is 97.4 cm³/mol. The first-order valence-corrected chi connectivity index (χ1v) is 9.79. The Morgan fingerprint density at radius 1 is 1.28 bits per heavy atom. The van der Waals surface area contributed by atoms with Crippen LogP contribution in [0.15, 0.2) is 34.3 Å². The molecule has 0 bridgehead atoms. The number of amidine groups is 1. The van der Waals surface area contributed by atoms with Crippen LogP contribution in [0, 0.1) is 24.2 Å². The third-order valence-corrected chi connectivity index (χ3v) is 6.12. The first-order valence-electron chi connectivity index (χ1n) is 8.38. The largest absolute Gasteiger partial charge is 0.390 e. The number of rotatable bonds is 7. The highest BCUT2D eigenvalue weighted by atomic mass is 32.2. The van der Waals surface area contributed by atoms with Crippen LogP contribution in [0.4, 0.5) is 0 Å². The van der Waals surface area contributed by atoms with E-state index < -0.39 is 15.7 Å². The molecular formula is C18H28N2O4S. The maximum absolute atomic E-state index is 12.1. The third kappa shape index (κ3) is 4.95. The van der Waals surface area contributed by atoms with Crippen LogP contribution in [-0.4, -0.2) is 25.0 Å². The van der Waals surface area contributed by atoms with E-state index in [0.29, 0.717) is 18.8 Å². The molecule has 1 aliphatic rings. The first kappa shape index (κ1) is 19.7. The van der Waals surface area contributed by atoms with Gasteiger partial charge >= 0.3 is 10.1 Å². The van der Waals surface area contributed by atoms with Gasteiger partial charge in [0.1, 0.15) is 10.7 Å². The molecule has 2 atom stereocenters. The number of hydrogen-bond donors (Lipinski definition) is 2.